The molecule has 0 aliphatic heterocycles. The van der Waals surface area contributed by atoms with E-state index in [0.717, 1.165) is 17.4 Å². The monoisotopic (exact) mass is 340 g/mol. The molecule has 0 heterocycles. The maximum Gasteiger partial charge on any atom is 0.0606 e. The van der Waals surface area contributed by atoms with Crippen LogP contribution in [0.2, 0.25) is 0 Å². The minimum atomic E-state index is 0.207. The van der Waals surface area contributed by atoms with E-state index in [4.69, 9.17) is 0 Å². The Hall–Kier alpha value is -0.580. The second kappa shape index (κ2) is 7.43. The SMILES string of the molecule is CCCNC(C)c1ccc(N(CCO)C2CC2)c(Br)c1. The smallest absolute Gasteiger partial charge is 0.0606 e. The number of aliphatic hydroxyl groups is 1. The molecule has 0 aromatic heterocycles. The Labute approximate surface area is 130 Å². The highest BCUT2D eigenvalue weighted by molar-refractivity contribution is 9.10. The lowest BCUT2D eigenvalue weighted by Gasteiger charge is -2.26. The van der Waals surface area contributed by atoms with E-state index < -0.39 is 0 Å². The predicted octanol–water partition coefficient (Wildman–Crippen LogP) is 3.47. The highest BCUT2D eigenvalue weighted by atomic mass is 79.9. The summed E-state index contributed by atoms with van der Waals surface area (Å²) in [6.45, 7) is 6.34. The summed E-state index contributed by atoms with van der Waals surface area (Å²) in [5.74, 6) is 0. The van der Waals surface area contributed by atoms with Gasteiger partial charge in [-0.3, -0.25) is 0 Å². The van der Waals surface area contributed by atoms with Gasteiger partial charge in [-0.25, -0.2) is 0 Å². The Morgan fingerprint density at radius 3 is 2.75 bits per heavy atom. The van der Waals surface area contributed by atoms with Crippen molar-refractivity contribution in [3.05, 3.63) is 28.2 Å². The second-order valence-electron chi connectivity index (χ2n) is 5.53. The van der Waals surface area contributed by atoms with Crippen molar-refractivity contribution in [3.63, 3.8) is 0 Å². The van der Waals surface area contributed by atoms with Gasteiger partial charge >= 0.3 is 0 Å². The normalized spacial score (nSPS) is 16.2. The van der Waals surface area contributed by atoms with Gasteiger partial charge in [-0.2, -0.15) is 0 Å². The van der Waals surface area contributed by atoms with Crippen LogP contribution in [-0.2, 0) is 0 Å². The molecule has 1 aromatic carbocycles. The zero-order chi connectivity index (χ0) is 14.5. The molecule has 0 saturated heterocycles. The maximum atomic E-state index is 9.24. The molecule has 2 N–H and O–H groups in total. The second-order valence-corrected chi connectivity index (χ2v) is 6.39. The standard InChI is InChI=1S/C16H25BrN2O/c1-3-8-18-12(2)13-4-7-16(15(17)11-13)19(9-10-20)14-5-6-14/h4,7,11-12,14,18,20H,3,5-6,8-10H2,1-2H3. The van der Waals surface area contributed by atoms with Crippen LogP contribution in [0.5, 0.6) is 0 Å². The average molecular weight is 341 g/mol. The molecular weight excluding hydrogens is 316 g/mol. The molecule has 1 atom stereocenters. The van der Waals surface area contributed by atoms with Gasteiger partial charge < -0.3 is 15.3 Å². The number of hydrogen-bond donors (Lipinski definition) is 2. The minimum absolute atomic E-state index is 0.207. The number of rotatable bonds is 8. The lowest BCUT2D eigenvalue weighted by Crippen LogP contribution is -2.29. The molecule has 4 heteroatoms. The summed E-state index contributed by atoms with van der Waals surface area (Å²) in [6.07, 6.45) is 3.63. The summed E-state index contributed by atoms with van der Waals surface area (Å²) < 4.78 is 1.13. The number of halogens is 1. The molecule has 1 fully saturated rings. The first-order valence-electron chi connectivity index (χ1n) is 7.57. The van der Waals surface area contributed by atoms with Crippen molar-refractivity contribution in [2.24, 2.45) is 0 Å². The van der Waals surface area contributed by atoms with Crippen LogP contribution in [0.15, 0.2) is 22.7 Å². The molecule has 1 unspecified atom stereocenters. The molecule has 0 spiro atoms. The van der Waals surface area contributed by atoms with Gasteiger partial charge in [0.1, 0.15) is 0 Å². The topological polar surface area (TPSA) is 35.5 Å². The molecule has 1 aliphatic carbocycles. The van der Waals surface area contributed by atoms with E-state index in [1.165, 1.54) is 24.1 Å². The van der Waals surface area contributed by atoms with Crippen LogP contribution in [0.25, 0.3) is 0 Å². The Bertz CT molecular complexity index is 434. The van der Waals surface area contributed by atoms with Gasteiger partial charge in [0.25, 0.3) is 0 Å². The quantitative estimate of drug-likeness (QED) is 0.760. The predicted molar refractivity (Wildman–Crippen MR) is 88.3 cm³/mol. The maximum absolute atomic E-state index is 9.24. The fraction of sp³-hybridized carbons (Fsp3) is 0.625. The van der Waals surface area contributed by atoms with Crippen LogP contribution >= 0.6 is 15.9 Å². The van der Waals surface area contributed by atoms with Gasteiger partial charge in [0.15, 0.2) is 0 Å². The number of nitrogens with zero attached hydrogens (tertiary/aromatic N) is 1. The van der Waals surface area contributed by atoms with Crippen molar-refractivity contribution < 1.29 is 5.11 Å². The Kier molecular flexibility index (Phi) is 5.87. The first-order chi connectivity index (χ1) is 9.67. The number of hydrogen-bond acceptors (Lipinski definition) is 3. The number of nitrogens with one attached hydrogen (secondary N) is 1. The van der Waals surface area contributed by atoms with Crippen LogP contribution in [0, 0.1) is 0 Å². The Morgan fingerprint density at radius 1 is 1.45 bits per heavy atom. The molecule has 0 radical (unpaired) electrons. The van der Waals surface area contributed by atoms with Gasteiger partial charge in [-0.15, -0.1) is 0 Å². The fourth-order valence-corrected chi connectivity index (χ4v) is 3.12. The van der Waals surface area contributed by atoms with Gasteiger partial charge in [0, 0.05) is 23.1 Å². The molecule has 0 amide bonds. The molecule has 112 valence electrons. The van der Waals surface area contributed by atoms with Crippen molar-refractivity contribution >= 4 is 21.6 Å². The molecule has 0 bridgehead atoms. The van der Waals surface area contributed by atoms with Crippen molar-refractivity contribution in [2.45, 2.75) is 45.2 Å². The number of aliphatic hydroxyl groups excluding tert-OH is 1. The largest absolute Gasteiger partial charge is 0.395 e. The molecule has 20 heavy (non-hydrogen) atoms. The number of benzene rings is 1. The van der Waals surface area contributed by atoms with E-state index in [9.17, 15) is 5.11 Å². The van der Waals surface area contributed by atoms with Crippen molar-refractivity contribution in [1.29, 1.82) is 0 Å². The lowest BCUT2D eigenvalue weighted by molar-refractivity contribution is 0.301. The van der Waals surface area contributed by atoms with E-state index in [-0.39, 0.29) is 6.61 Å². The summed E-state index contributed by atoms with van der Waals surface area (Å²) >= 11 is 3.70. The third-order valence-electron chi connectivity index (χ3n) is 3.81. The van der Waals surface area contributed by atoms with Gasteiger partial charge in [0.05, 0.1) is 12.3 Å². The fourth-order valence-electron chi connectivity index (χ4n) is 2.50. The van der Waals surface area contributed by atoms with E-state index >= 15 is 0 Å². The highest BCUT2D eigenvalue weighted by Crippen LogP contribution is 2.36. The molecule has 3 nitrogen and oxygen atoms in total. The van der Waals surface area contributed by atoms with E-state index in [2.05, 4.69) is 58.2 Å². The third-order valence-corrected chi connectivity index (χ3v) is 4.45. The van der Waals surface area contributed by atoms with E-state index in [1.807, 2.05) is 0 Å². The first-order valence-corrected chi connectivity index (χ1v) is 8.37. The summed E-state index contributed by atoms with van der Waals surface area (Å²) in [7, 11) is 0. The van der Waals surface area contributed by atoms with Gasteiger partial charge in [-0.05, 0) is 66.4 Å². The van der Waals surface area contributed by atoms with Crippen LogP contribution in [0.3, 0.4) is 0 Å². The van der Waals surface area contributed by atoms with Crippen molar-refractivity contribution in [1.82, 2.24) is 5.32 Å². The van der Waals surface area contributed by atoms with Crippen LogP contribution in [0.1, 0.15) is 44.7 Å². The van der Waals surface area contributed by atoms with Crippen LogP contribution < -0.4 is 10.2 Å². The van der Waals surface area contributed by atoms with Crippen LogP contribution in [0.4, 0.5) is 5.69 Å². The molecule has 2 rings (SSSR count). The van der Waals surface area contributed by atoms with Crippen molar-refractivity contribution in [3.8, 4) is 0 Å². The summed E-state index contributed by atoms with van der Waals surface area (Å²) in [5, 5.41) is 12.7. The van der Waals surface area contributed by atoms with Crippen LogP contribution in [-0.4, -0.2) is 30.8 Å². The third kappa shape index (κ3) is 3.96. The Morgan fingerprint density at radius 2 is 2.20 bits per heavy atom. The summed E-state index contributed by atoms with van der Waals surface area (Å²) in [4.78, 5) is 2.32. The summed E-state index contributed by atoms with van der Waals surface area (Å²) in [5.41, 5.74) is 2.50. The molecule has 1 aliphatic rings. The average Bonchev–Trinajstić information content (AvgIpc) is 3.27. The zero-order valence-electron chi connectivity index (χ0n) is 12.4. The first kappa shape index (κ1) is 15.8. The highest BCUT2D eigenvalue weighted by Gasteiger charge is 2.29. The van der Waals surface area contributed by atoms with E-state index in [0.29, 0.717) is 18.6 Å². The van der Waals surface area contributed by atoms with Gasteiger partial charge in [0.2, 0.25) is 0 Å². The summed E-state index contributed by atoms with van der Waals surface area (Å²) in [6, 6.07) is 7.56. The van der Waals surface area contributed by atoms with Crippen molar-refractivity contribution in [2.75, 3.05) is 24.6 Å². The molecule has 1 aromatic rings. The Balaban J connectivity index is 2.11. The molecular formula is C16H25BrN2O. The minimum Gasteiger partial charge on any atom is -0.395 e. The molecule has 1 saturated carbocycles. The van der Waals surface area contributed by atoms with E-state index in [1.54, 1.807) is 0 Å². The lowest BCUT2D eigenvalue weighted by atomic mass is 10.1. The number of anilines is 1. The van der Waals surface area contributed by atoms with Gasteiger partial charge in [-0.1, -0.05) is 13.0 Å². The zero-order valence-corrected chi connectivity index (χ0v) is 14.0.